The van der Waals surface area contributed by atoms with Gasteiger partial charge in [0, 0.05) is 25.3 Å². The first-order chi connectivity index (χ1) is 8.25. The monoisotopic (exact) mass is 232 g/mol. The van der Waals surface area contributed by atoms with Crippen LogP contribution in [-0.4, -0.2) is 27.2 Å². The van der Waals surface area contributed by atoms with Crippen LogP contribution in [0.1, 0.15) is 13.3 Å². The van der Waals surface area contributed by atoms with Gasteiger partial charge in [0.15, 0.2) is 5.65 Å². The molecule has 0 radical (unpaired) electrons. The molecule has 1 aliphatic rings. The number of nitrogens with two attached hydrogens (primary N) is 1. The molecule has 2 aromatic heterocycles. The molecule has 5 heteroatoms. The van der Waals surface area contributed by atoms with E-state index < -0.39 is 0 Å². The Morgan fingerprint density at radius 1 is 1.59 bits per heavy atom. The van der Waals surface area contributed by atoms with Crippen molar-refractivity contribution in [3.05, 3.63) is 18.3 Å². The van der Waals surface area contributed by atoms with Crippen LogP contribution in [0, 0.1) is 5.92 Å². The van der Waals surface area contributed by atoms with Gasteiger partial charge in [-0.3, -0.25) is 4.57 Å². The molecule has 1 fully saturated rings. The van der Waals surface area contributed by atoms with E-state index in [1.54, 1.807) is 6.20 Å². The molecule has 2 unspecified atom stereocenters. The predicted molar refractivity (Wildman–Crippen MR) is 65.5 cm³/mol. The summed E-state index contributed by atoms with van der Waals surface area (Å²) < 4.78 is 7.56. The third kappa shape index (κ3) is 1.76. The van der Waals surface area contributed by atoms with Crippen LogP contribution in [0.2, 0.25) is 0 Å². The van der Waals surface area contributed by atoms with E-state index in [0.29, 0.717) is 11.9 Å². The first kappa shape index (κ1) is 10.5. The molecule has 0 bridgehead atoms. The van der Waals surface area contributed by atoms with Crippen LogP contribution >= 0.6 is 0 Å². The Labute approximate surface area is 99.6 Å². The molecule has 0 saturated carbocycles. The van der Waals surface area contributed by atoms with Gasteiger partial charge < -0.3 is 10.5 Å². The maximum atomic E-state index is 5.95. The first-order valence-electron chi connectivity index (χ1n) is 5.94. The van der Waals surface area contributed by atoms with E-state index in [1.165, 1.54) is 0 Å². The zero-order valence-electron chi connectivity index (χ0n) is 9.84. The van der Waals surface area contributed by atoms with Crippen LogP contribution in [-0.2, 0) is 11.3 Å². The number of fused-ring (bicyclic) bond motifs is 1. The van der Waals surface area contributed by atoms with E-state index in [0.717, 1.165) is 30.7 Å². The largest absolute Gasteiger partial charge is 0.378 e. The molecule has 3 heterocycles. The Morgan fingerprint density at radius 2 is 2.47 bits per heavy atom. The number of hydrogen-bond donors (Lipinski definition) is 1. The number of nitrogens with zero attached hydrogens (tertiary/aromatic N) is 3. The summed E-state index contributed by atoms with van der Waals surface area (Å²) in [4.78, 5) is 8.67. The van der Waals surface area contributed by atoms with Crippen LogP contribution in [0.25, 0.3) is 11.2 Å². The highest BCUT2D eigenvalue weighted by atomic mass is 16.5. The van der Waals surface area contributed by atoms with Crippen LogP contribution in [0.5, 0.6) is 0 Å². The van der Waals surface area contributed by atoms with Crippen molar-refractivity contribution < 1.29 is 4.74 Å². The summed E-state index contributed by atoms with van der Waals surface area (Å²) in [5, 5.41) is 0. The van der Waals surface area contributed by atoms with Crippen molar-refractivity contribution in [1.29, 1.82) is 0 Å². The fourth-order valence-electron chi connectivity index (χ4n) is 2.41. The molecule has 2 aromatic rings. The molecule has 90 valence electrons. The van der Waals surface area contributed by atoms with Crippen molar-refractivity contribution in [3.63, 3.8) is 0 Å². The molecule has 2 atom stereocenters. The van der Waals surface area contributed by atoms with Crippen molar-refractivity contribution in [1.82, 2.24) is 14.5 Å². The Balaban J connectivity index is 1.96. The molecule has 5 nitrogen and oxygen atoms in total. The predicted octanol–water partition coefficient (Wildman–Crippen LogP) is 1.44. The lowest BCUT2D eigenvalue weighted by atomic mass is 10.0. The third-order valence-corrected chi connectivity index (χ3v) is 3.48. The highest BCUT2D eigenvalue weighted by Gasteiger charge is 2.26. The van der Waals surface area contributed by atoms with E-state index in [1.807, 2.05) is 16.7 Å². The minimum atomic E-state index is 0.288. The van der Waals surface area contributed by atoms with Gasteiger partial charge in [-0.25, -0.2) is 9.97 Å². The quantitative estimate of drug-likeness (QED) is 0.850. The maximum absolute atomic E-state index is 5.95. The van der Waals surface area contributed by atoms with Crippen molar-refractivity contribution in [2.75, 3.05) is 12.3 Å². The summed E-state index contributed by atoms with van der Waals surface area (Å²) in [6.07, 6.45) is 3.14. The number of ether oxygens (including phenoxy) is 1. The summed E-state index contributed by atoms with van der Waals surface area (Å²) in [5.74, 6) is 1.04. The fourth-order valence-corrected chi connectivity index (χ4v) is 2.41. The Kier molecular flexibility index (Phi) is 2.48. The van der Waals surface area contributed by atoms with E-state index >= 15 is 0 Å². The number of imidazole rings is 1. The number of pyridine rings is 1. The van der Waals surface area contributed by atoms with E-state index in [4.69, 9.17) is 10.5 Å². The Hall–Kier alpha value is -1.62. The molecular formula is C12H16N4O. The van der Waals surface area contributed by atoms with Gasteiger partial charge in [0.1, 0.15) is 5.52 Å². The third-order valence-electron chi connectivity index (χ3n) is 3.48. The number of aromatic nitrogens is 3. The zero-order chi connectivity index (χ0) is 11.8. The van der Waals surface area contributed by atoms with E-state index in [2.05, 4.69) is 16.9 Å². The van der Waals surface area contributed by atoms with Crippen molar-refractivity contribution in [2.24, 2.45) is 5.92 Å². The number of hydrogen-bond acceptors (Lipinski definition) is 4. The van der Waals surface area contributed by atoms with Crippen LogP contribution in [0.15, 0.2) is 18.3 Å². The minimum absolute atomic E-state index is 0.288. The second-order valence-corrected chi connectivity index (χ2v) is 4.55. The van der Waals surface area contributed by atoms with Gasteiger partial charge in [0.25, 0.3) is 0 Å². The van der Waals surface area contributed by atoms with Gasteiger partial charge in [-0.05, 0) is 25.5 Å². The Morgan fingerprint density at radius 3 is 3.24 bits per heavy atom. The zero-order valence-corrected chi connectivity index (χ0v) is 9.84. The smallest absolute Gasteiger partial charge is 0.202 e. The number of nitrogen functional groups attached to an aromatic ring is 1. The molecule has 3 rings (SSSR count). The van der Waals surface area contributed by atoms with Crippen LogP contribution in [0.4, 0.5) is 5.95 Å². The molecular weight excluding hydrogens is 216 g/mol. The van der Waals surface area contributed by atoms with Gasteiger partial charge in [-0.1, -0.05) is 0 Å². The molecule has 17 heavy (non-hydrogen) atoms. The average molecular weight is 232 g/mol. The lowest BCUT2D eigenvalue weighted by molar-refractivity contribution is 0.102. The average Bonchev–Trinajstić information content (AvgIpc) is 2.85. The molecule has 1 saturated heterocycles. The standard InChI is InChI=1S/C12H16N4O/c1-8-9(4-6-17-8)7-16-11-10(15-12(16)13)3-2-5-14-11/h2-3,5,8-9H,4,6-7H2,1H3,(H2,13,15). The second-order valence-electron chi connectivity index (χ2n) is 4.55. The molecule has 1 aliphatic heterocycles. The highest BCUT2D eigenvalue weighted by Crippen LogP contribution is 2.25. The van der Waals surface area contributed by atoms with Gasteiger partial charge in [0.2, 0.25) is 5.95 Å². The summed E-state index contributed by atoms with van der Waals surface area (Å²) in [5.41, 5.74) is 7.67. The lowest BCUT2D eigenvalue weighted by Gasteiger charge is -2.15. The second kappa shape index (κ2) is 4.00. The minimum Gasteiger partial charge on any atom is -0.378 e. The summed E-state index contributed by atoms with van der Waals surface area (Å²) in [7, 11) is 0. The first-order valence-corrected chi connectivity index (χ1v) is 5.94. The Bertz CT molecular complexity index is 536. The maximum Gasteiger partial charge on any atom is 0.202 e. The normalized spacial score (nSPS) is 24.5. The molecule has 0 aromatic carbocycles. The summed E-state index contributed by atoms with van der Waals surface area (Å²) >= 11 is 0. The number of anilines is 1. The molecule has 0 aliphatic carbocycles. The van der Waals surface area contributed by atoms with E-state index in [-0.39, 0.29) is 6.10 Å². The molecule has 0 spiro atoms. The van der Waals surface area contributed by atoms with Gasteiger partial charge in [-0.15, -0.1) is 0 Å². The van der Waals surface area contributed by atoms with Crippen LogP contribution in [0.3, 0.4) is 0 Å². The molecule has 0 amide bonds. The SMILES string of the molecule is CC1OCCC1Cn1c(N)nc2cccnc21. The summed E-state index contributed by atoms with van der Waals surface area (Å²) in [6, 6.07) is 3.81. The van der Waals surface area contributed by atoms with Crippen molar-refractivity contribution >= 4 is 17.1 Å². The van der Waals surface area contributed by atoms with Gasteiger partial charge in [-0.2, -0.15) is 0 Å². The van der Waals surface area contributed by atoms with Gasteiger partial charge >= 0.3 is 0 Å². The molecule has 2 N–H and O–H groups in total. The number of rotatable bonds is 2. The summed E-state index contributed by atoms with van der Waals surface area (Å²) in [6.45, 7) is 3.78. The lowest BCUT2D eigenvalue weighted by Crippen LogP contribution is -2.19. The van der Waals surface area contributed by atoms with E-state index in [9.17, 15) is 0 Å². The van der Waals surface area contributed by atoms with Gasteiger partial charge in [0.05, 0.1) is 6.10 Å². The topological polar surface area (TPSA) is 66.0 Å². The van der Waals surface area contributed by atoms with Crippen molar-refractivity contribution in [3.8, 4) is 0 Å². The highest BCUT2D eigenvalue weighted by molar-refractivity contribution is 5.73. The van der Waals surface area contributed by atoms with Crippen molar-refractivity contribution in [2.45, 2.75) is 26.0 Å². The fraction of sp³-hybridized carbons (Fsp3) is 0.500. The van der Waals surface area contributed by atoms with Crippen LogP contribution < -0.4 is 5.73 Å².